The number of carbonyl (C=O) groups excluding carboxylic acids is 2. The van der Waals surface area contributed by atoms with Crippen LogP contribution in [0.1, 0.15) is 6.92 Å². The number of hydrogen-bond donors (Lipinski definition) is 1. The Hall–Kier alpha value is -3.26. The number of carbonyl (C=O) groups is 2. The van der Waals surface area contributed by atoms with Crippen LogP contribution >= 0.6 is 0 Å². The first-order valence-electron chi connectivity index (χ1n) is 8.73. The Morgan fingerprint density at radius 1 is 1.04 bits per heavy atom. The third-order valence-corrected chi connectivity index (χ3v) is 3.68. The molecule has 0 saturated carbocycles. The van der Waals surface area contributed by atoms with E-state index in [4.69, 9.17) is 18.9 Å². The first-order valence-corrected chi connectivity index (χ1v) is 8.73. The molecule has 0 radical (unpaired) electrons. The molecule has 0 aliphatic heterocycles. The highest BCUT2D eigenvalue weighted by Crippen LogP contribution is 2.22. The molecule has 2 amide bonds. The van der Waals surface area contributed by atoms with Crippen molar-refractivity contribution in [1.82, 2.24) is 0 Å². The molecule has 0 aromatic heterocycles. The predicted molar refractivity (Wildman–Crippen MR) is 105 cm³/mol. The molecule has 0 aliphatic rings. The minimum Gasteiger partial charge on any atom is -0.497 e. The summed E-state index contributed by atoms with van der Waals surface area (Å²) in [5, 5.41) is 2.56. The monoisotopic (exact) mass is 388 g/mol. The summed E-state index contributed by atoms with van der Waals surface area (Å²) in [6.45, 7) is 2.62. The Morgan fingerprint density at radius 2 is 1.79 bits per heavy atom. The number of nitrogens with one attached hydrogen (secondary N) is 1. The molecule has 0 saturated heterocycles. The number of ether oxygens (including phenoxy) is 4. The molecule has 8 heteroatoms. The molecule has 0 heterocycles. The Balaban J connectivity index is 2.12. The number of methoxy groups -OCH3 is 2. The summed E-state index contributed by atoms with van der Waals surface area (Å²) in [5.41, 5.74) is 1.10. The minimum atomic E-state index is -0.578. The second kappa shape index (κ2) is 10.8. The molecule has 8 nitrogen and oxygen atoms in total. The van der Waals surface area contributed by atoms with Crippen LogP contribution < -0.4 is 19.7 Å². The van der Waals surface area contributed by atoms with Crippen molar-refractivity contribution in [2.75, 3.05) is 44.2 Å². The molecule has 2 aromatic rings. The average Bonchev–Trinajstić information content (AvgIpc) is 2.69. The van der Waals surface area contributed by atoms with Crippen LogP contribution in [0.4, 0.5) is 21.0 Å². The van der Waals surface area contributed by atoms with Crippen LogP contribution in [0.5, 0.6) is 11.5 Å². The van der Waals surface area contributed by atoms with E-state index in [2.05, 4.69) is 5.32 Å². The third kappa shape index (κ3) is 6.17. The molecule has 2 rings (SSSR count). The number of anilines is 2. The minimum absolute atomic E-state index is 0.261. The van der Waals surface area contributed by atoms with Gasteiger partial charge >= 0.3 is 12.2 Å². The van der Waals surface area contributed by atoms with E-state index in [0.717, 1.165) is 0 Å². The Kier molecular flexibility index (Phi) is 8.11. The fourth-order valence-corrected chi connectivity index (χ4v) is 2.35. The normalized spacial score (nSPS) is 10.1. The van der Waals surface area contributed by atoms with Crippen LogP contribution in [0.3, 0.4) is 0 Å². The Morgan fingerprint density at radius 3 is 2.43 bits per heavy atom. The van der Waals surface area contributed by atoms with Crippen molar-refractivity contribution < 1.29 is 28.5 Å². The van der Waals surface area contributed by atoms with Gasteiger partial charge in [-0.05, 0) is 43.3 Å². The molecule has 0 spiro atoms. The Bertz CT molecular complexity index is 779. The quantitative estimate of drug-likeness (QED) is 0.738. The first-order chi connectivity index (χ1) is 13.6. The van der Waals surface area contributed by atoms with Crippen LogP contribution in [0.15, 0.2) is 48.5 Å². The lowest BCUT2D eigenvalue weighted by Crippen LogP contribution is -2.36. The van der Waals surface area contributed by atoms with Crippen molar-refractivity contribution in [3.05, 3.63) is 48.5 Å². The van der Waals surface area contributed by atoms with Gasteiger partial charge in [-0.15, -0.1) is 0 Å². The van der Waals surface area contributed by atoms with Crippen LogP contribution in [0.2, 0.25) is 0 Å². The Labute approximate surface area is 163 Å². The highest BCUT2D eigenvalue weighted by molar-refractivity contribution is 5.90. The third-order valence-electron chi connectivity index (χ3n) is 3.68. The SMILES string of the molecule is CCOC(=O)Nc1cccc(OC(=O)N(CCOC)c2ccc(OC)cc2)c1. The molecular weight excluding hydrogens is 364 g/mol. The van der Waals surface area contributed by atoms with Gasteiger partial charge in [0.05, 0.1) is 26.9 Å². The number of amides is 2. The fraction of sp³-hybridized carbons (Fsp3) is 0.300. The molecule has 0 bridgehead atoms. The summed E-state index contributed by atoms with van der Waals surface area (Å²) in [5.74, 6) is 0.969. The van der Waals surface area contributed by atoms with Gasteiger partial charge in [0, 0.05) is 24.6 Å². The lowest BCUT2D eigenvalue weighted by molar-refractivity contribution is 0.168. The second-order valence-electron chi connectivity index (χ2n) is 5.58. The second-order valence-corrected chi connectivity index (χ2v) is 5.58. The van der Waals surface area contributed by atoms with Crippen LogP contribution in [-0.2, 0) is 9.47 Å². The van der Waals surface area contributed by atoms with E-state index in [1.54, 1.807) is 63.6 Å². The van der Waals surface area contributed by atoms with E-state index in [1.165, 1.54) is 11.0 Å². The van der Waals surface area contributed by atoms with Crippen molar-refractivity contribution in [1.29, 1.82) is 0 Å². The van der Waals surface area contributed by atoms with Crippen molar-refractivity contribution >= 4 is 23.6 Å². The van der Waals surface area contributed by atoms with Gasteiger partial charge in [0.25, 0.3) is 0 Å². The number of nitrogens with zero attached hydrogens (tertiary/aromatic N) is 1. The molecular formula is C20H24N2O6. The zero-order valence-corrected chi connectivity index (χ0v) is 16.1. The zero-order chi connectivity index (χ0) is 20.4. The van der Waals surface area contributed by atoms with Gasteiger partial charge in [-0.2, -0.15) is 0 Å². The lowest BCUT2D eigenvalue weighted by Gasteiger charge is -2.22. The van der Waals surface area contributed by atoms with E-state index < -0.39 is 12.2 Å². The summed E-state index contributed by atoms with van der Waals surface area (Å²) in [6, 6.07) is 13.5. The summed E-state index contributed by atoms with van der Waals surface area (Å²) in [6.07, 6.45) is -1.15. The number of rotatable bonds is 8. The van der Waals surface area contributed by atoms with E-state index in [0.29, 0.717) is 30.3 Å². The fourth-order valence-electron chi connectivity index (χ4n) is 2.35. The molecule has 0 atom stereocenters. The summed E-state index contributed by atoms with van der Waals surface area (Å²) < 4.78 is 20.5. The van der Waals surface area contributed by atoms with Gasteiger partial charge in [-0.1, -0.05) is 6.07 Å². The highest BCUT2D eigenvalue weighted by atomic mass is 16.6. The van der Waals surface area contributed by atoms with Crippen molar-refractivity contribution in [3.63, 3.8) is 0 Å². The van der Waals surface area contributed by atoms with Gasteiger partial charge < -0.3 is 18.9 Å². The summed E-state index contributed by atoms with van der Waals surface area (Å²) >= 11 is 0. The standard InChI is InChI=1S/C20H24N2O6/c1-4-27-19(23)21-15-6-5-7-18(14-15)28-20(24)22(12-13-25-2)16-8-10-17(26-3)11-9-16/h5-11,14H,4,12-13H2,1-3H3,(H,21,23). The molecule has 0 unspecified atom stereocenters. The lowest BCUT2D eigenvalue weighted by atomic mass is 10.2. The van der Waals surface area contributed by atoms with Gasteiger partial charge in [0.15, 0.2) is 0 Å². The maximum atomic E-state index is 12.7. The van der Waals surface area contributed by atoms with Gasteiger partial charge in [-0.25, -0.2) is 9.59 Å². The van der Waals surface area contributed by atoms with E-state index in [9.17, 15) is 9.59 Å². The predicted octanol–water partition coefficient (Wildman–Crippen LogP) is 3.92. The maximum absolute atomic E-state index is 12.7. The average molecular weight is 388 g/mol. The maximum Gasteiger partial charge on any atom is 0.419 e. The van der Waals surface area contributed by atoms with E-state index in [1.807, 2.05) is 0 Å². The molecule has 0 aliphatic carbocycles. The largest absolute Gasteiger partial charge is 0.497 e. The van der Waals surface area contributed by atoms with Crippen LogP contribution in [0, 0.1) is 0 Å². The smallest absolute Gasteiger partial charge is 0.419 e. The summed E-state index contributed by atoms with van der Waals surface area (Å²) in [4.78, 5) is 25.7. The number of benzene rings is 2. The molecule has 2 aromatic carbocycles. The van der Waals surface area contributed by atoms with Crippen LogP contribution in [-0.4, -0.2) is 46.2 Å². The van der Waals surface area contributed by atoms with E-state index in [-0.39, 0.29) is 12.4 Å². The number of hydrogen-bond acceptors (Lipinski definition) is 6. The van der Waals surface area contributed by atoms with Crippen molar-refractivity contribution in [2.24, 2.45) is 0 Å². The summed E-state index contributed by atoms with van der Waals surface area (Å²) in [7, 11) is 3.13. The van der Waals surface area contributed by atoms with Gasteiger partial charge in [-0.3, -0.25) is 10.2 Å². The van der Waals surface area contributed by atoms with Crippen LogP contribution in [0.25, 0.3) is 0 Å². The van der Waals surface area contributed by atoms with E-state index >= 15 is 0 Å². The first kappa shape index (κ1) is 21.0. The molecule has 28 heavy (non-hydrogen) atoms. The zero-order valence-electron chi connectivity index (χ0n) is 16.1. The van der Waals surface area contributed by atoms with Gasteiger partial charge in [0.1, 0.15) is 11.5 Å². The topological polar surface area (TPSA) is 86.3 Å². The molecule has 1 N–H and O–H groups in total. The van der Waals surface area contributed by atoms with Crippen molar-refractivity contribution in [3.8, 4) is 11.5 Å². The molecule has 150 valence electrons. The molecule has 0 fully saturated rings. The highest BCUT2D eigenvalue weighted by Gasteiger charge is 2.18. The van der Waals surface area contributed by atoms with Crippen molar-refractivity contribution in [2.45, 2.75) is 6.92 Å². The van der Waals surface area contributed by atoms with Gasteiger partial charge in [0.2, 0.25) is 0 Å².